The van der Waals surface area contributed by atoms with Gasteiger partial charge in [0.1, 0.15) is 5.69 Å². The number of hydrogen-bond donors (Lipinski definition) is 1. The van der Waals surface area contributed by atoms with Gasteiger partial charge in [-0.1, -0.05) is 18.2 Å². The Morgan fingerprint density at radius 2 is 1.61 bits per heavy atom. The summed E-state index contributed by atoms with van der Waals surface area (Å²) in [6, 6.07) is 18.4. The number of nitro groups is 2. The number of amides is 1. The van der Waals surface area contributed by atoms with E-state index in [9.17, 15) is 25.0 Å². The number of rotatable bonds is 6. The summed E-state index contributed by atoms with van der Waals surface area (Å²) in [5.74, 6) is -0.275. The first kappa shape index (κ1) is 22.2. The van der Waals surface area contributed by atoms with Crippen molar-refractivity contribution in [3.05, 3.63) is 105 Å². The van der Waals surface area contributed by atoms with Crippen LogP contribution in [0.1, 0.15) is 10.4 Å². The Labute approximate surface area is 201 Å². The number of nitrogens with one attached hydrogen (secondary N) is 1. The Kier molecular flexibility index (Phi) is 5.54. The lowest BCUT2D eigenvalue weighted by molar-refractivity contribution is -0.394. The predicted molar refractivity (Wildman–Crippen MR) is 127 cm³/mol. The minimum Gasteiger partial charge on any atom is -0.322 e. The Balaban J connectivity index is 1.46. The summed E-state index contributed by atoms with van der Waals surface area (Å²) in [5.41, 5.74) is 1.36. The van der Waals surface area contributed by atoms with Crippen LogP contribution in [0.15, 0.2) is 79.0 Å². The average molecular weight is 482 g/mol. The molecule has 1 amide bonds. The molecule has 5 rings (SSSR count). The van der Waals surface area contributed by atoms with Crippen molar-refractivity contribution in [3.8, 4) is 22.8 Å². The number of aromatic nitrogens is 5. The van der Waals surface area contributed by atoms with E-state index >= 15 is 0 Å². The maximum absolute atomic E-state index is 12.8. The SMILES string of the molecule is O=C(Nc1cccc(-c2ccc3nnc(-c4ccccn4)n3n2)c1)c1cc([N+](=O)[O-])cc([N+](=O)[O-])c1. The molecule has 0 saturated carbocycles. The largest absolute Gasteiger partial charge is 0.322 e. The molecule has 2 aromatic carbocycles. The summed E-state index contributed by atoms with van der Waals surface area (Å²) in [7, 11) is 0. The Bertz CT molecular complexity index is 1620. The van der Waals surface area contributed by atoms with Gasteiger partial charge in [0.15, 0.2) is 5.65 Å². The van der Waals surface area contributed by atoms with Crippen LogP contribution in [0.3, 0.4) is 0 Å². The van der Waals surface area contributed by atoms with E-state index in [2.05, 4.69) is 25.6 Å². The van der Waals surface area contributed by atoms with Gasteiger partial charge in [-0.25, -0.2) is 0 Å². The lowest BCUT2D eigenvalue weighted by Gasteiger charge is -2.08. The monoisotopic (exact) mass is 482 g/mol. The molecule has 36 heavy (non-hydrogen) atoms. The van der Waals surface area contributed by atoms with E-state index in [4.69, 9.17) is 0 Å². The number of fused-ring (bicyclic) bond motifs is 1. The first-order valence-corrected chi connectivity index (χ1v) is 10.4. The number of nitrogens with zero attached hydrogens (tertiary/aromatic N) is 7. The maximum atomic E-state index is 12.8. The highest BCUT2D eigenvalue weighted by atomic mass is 16.6. The second-order valence-corrected chi connectivity index (χ2v) is 7.51. The second-order valence-electron chi connectivity index (χ2n) is 7.51. The molecule has 0 aliphatic rings. The van der Waals surface area contributed by atoms with Gasteiger partial charge in [0, 0.05) is 29.6 Å². The van der Waals surface area contributed by atoms with E-state index in [1.54, 1.807) is 59.2 Å². The van der Waals surface area contributed by atoms with Gasteiger partial charge >= 0.3 is 0 Å². The summed E-state index contributed by atoms with van der Waals surface area (Å²) in [6.45, 7) is 0. The van der Waals surface area contributed by atoms with Gasteiger partial charge in [0.25, 0.3) is 17.3 Å². The van der Waals surface area contributed by atoms with Gasteiger partial charge in [0.05, 0.1) is 27.2 Å². The Morgan fingerprint density at radius 3 is 2.31 bits per heavy atom. The molecule has 3 heterocycles. The van der Waals surface area contributed by atoms with Crippen molar-refractivity contribution in [1.29, 1.82) is 0 Å². The third-order valence-electron chi connectivity index (χ3n) is 5.16. The smallest absolute Gasteiger partial charge is 0.277 e. The van der Waals surface area contributed by atoms with Crippen molar-refractivity contribution < 1.29 is 14.6 Å². The van der Waals surface area contributed by atoms with E-state index in [1.165, 1.54) is 0 Å². The van der Waals surface area contributed by atoms with E-state index in [0.29, 0.717) is 34.1 Å². The van der Waals surface area contributed by atoms with Crippen molar-refractivity contribution in [2.24, 2.45) is 0 Å². The second kappa shape index (κ2) is 8.98. The fourth-order valence-corrected chi connectivity index (χ4v) is 3.49. The molecule has 0 bridgehead atoms. The summed E-state index contributed by atoms with van der Waals surface area (Å²) in [6.07, 6.45) is 1.64. The summed E-state index contributed by atoms with van der Waals surface area (Å²) in [4.78, 5) is 37.7. The van der Waals surface area contributed by atoms with Crippen molar-refractivity contribution in [2.75, 3.05) is 5.32 Å². The average Bonchev–Trinajstić information content (AvgIpc) is 3.32. The van der Waals surface area contributed by atoms with Gasteiger partial charge in [0.2, 0.25) is 5.82 Å². The van der Waals surface area contributed by atoms with E-state index in [0.717, 1.165) is 18.2 Å². The molecule has 0 unspecified atom stereocenters. The normalized spacial score (nSPS) is 10.8. The quantitative estimate of drug-likeness (QED) is 0.278. The molecule has 0 aliphatic carbocycles. The predicted octanol–water partition coefficient (Wildman–Crippen LogP) is 3.92. The molecule has 13 nitrogen and oxygen atoms in total. The Hall–Kier alpha value is -5.59. The van der Waals surface area contributed by atoms with Crippen LogP contribution in [0.25, 0.3) is 28.4 Å². The van der Waals surface area contributed by atoms with E-state index in [1.807, 2.05) is 6.07 Å². The van der Waals surface area contributed by atoms with Crippen LogP contribution in [0, 0.1) is 20.2 Å². The van der Waals surface area contributed by atoms with Crippen LogP contribution < -0.4 is 5.32 Å². The number of nitro benzene ring substituents is 2. The van der Waals surface area contributed by atoms with Gasteiger partial charge in [-0.2, -0.15) is 9.61 Å². The number of benzene rings is 2. The molecule has 5 aromatic rings. The zero-order valence-electron chi connectivity index (χ0n) is 18.2. The van der Waals surface area contributed by atoms with Gasteiger partial charge < -0.3 is 5.32 Å². The van der Waals surface area contributed by atoms with Crippen LogP contribution in [0.4, 0.5) is 17.1 Å². The molecule has 0 radical (unpaired) electrons. The van der Waals surface area contributed by atoms with E-state index < -0.39 is 27.1 Å². The minimum atomic E-state index is -0.795. The molecule has 176 valence electrons. The lowest BCUT2D eigenvalue weighted by atomic mass is 10.1. The van der Waals surface area contributed by atoms with Crippen molar-refractivity contribution in [2.45, 2.75) is 0 Å². The van der Waals surface area contributed by atoms with Crippen LogP contribution in [-0.2, 0) is 0 Å². The van der Waals surface area contributed by atoms with E-state index in [-0.39, 0.29) is 5.56 Å². The van der Waals surface area contributed by atoms with Gasteiger partial charge in [-0.05, 0) is 36.4 Å². The molecule has 0 atom stereocenters. The topological polar surface area (TPSA) is 171 Å². The summed E-state index contributed by atoms with van der Waals surface area (Å²) < 4.78 is 1.56. The van der Waals surface area contributed by atoms with Gasteiger partial charge in [-0.3, -0.25) is 30.0 Å². The number of pyridine rings is 1. The minimum absolute atomic E-state index is 0.217. The fourth-order valence-electron chi connectivity index (χ4n) is 3.49. The standard InChI is InChI=1S/C23H14N8O5/c32-23(15-11-17(30(33)34)13-18(12-15)31(35)36)25-16-5-3-4-14(10-16)19-7-8-21-26-27-22(29(21)28-19)20-6-1-2-9-24-20/h1-13H,(H,25,32). The van der Waals surface area contributed by atoms with Crippen LogP contribution in [0.5, 0.6) is 0 Å². The third-order valence-corrected chi connectivity index (χ3v) is 5.16. The molecule has 0 spiro atoms. The highest BCUT2D eigenvalue weighted by Crippen LogP contribution is 2.26. The molecule has 13 heteroatoms. The fraction of sp³-hybridized carbons (Fsp3) is 0. The molecule has 3 aromatic heterocycles. The number of anilines is 1. The van der Waals surface area contributed by atoms with Crippen LogP contribution >= 0.6 is 0 Å². The third kappa shape index (κ3) is 4.31. The first-order chi connectivity index (χ1) is 17.4. The molecule has 0 saturated heterocycles. The highest BCUT2D eigenvalue weighted by molar-refractivity contribution is 6.05. The van der Waals surface area contributed by atoms with Gasteiger partial charge in [-0.15, -0.1) is 10.2 Å². The first-order valence-electron chi connectivity index (χ1n) is 10.4. The van der Waals surface area contributed by atoms with Crippen molar-refractivity contribution >= 4 is 28.6 Å². The molecule has 0 fully saturated rings. The number of carbonyl (C=O) groups excluding carboxylic acids is 1. The lowest BCUT2D eigenvalue weighted by Crippen LogP contribution is -2.12. The molecule has 0 aliphatic heterocycles. The zero-order chi connectivity index (χ0) is 25.2. The van der Waals surface area contributed by atoms with Crippen molar-refractivity contribution in [1.82, 2.24) is 24.8 Å². The van der Waals surface area contributed by atoms with Crippen LogP contribution in [-0.4, -0.2) is 40.5 Å². The molecule has 1 N–H and O–H groups in total. The number of hydrogen-bond acceptors (Lipinski definition) is 9. The summed E-state index contributed by atoms with van der Waals surface area (Å²) >= 11 is 0. The van der Waals surface area contributed by atoms with Crippen molar-refractivity contribution in [3.63, 3.8) is 0 Å². The zero-order valence-corrected chi connectivity index (χ0v) is 18.2. The summed E-state index contributed by atoms with van der Waals surface area (Å²) in [5, 5.41) is 37.8. The maximum Gasteiger partial charge on any atom is 0.277 e. The number of non-ortho nitro benzene ring substituents is 2. The van der Waals surface area contributed by atoms with Crippen LogP contribution in [0.2, 0.25) is 0 Å². The number of carbonyl (C=O) groups is 1. The Morgan fingerprint density at radius 1 is 0.833 bits per heavy atom. The molecular weight excluding hydrogens is 468 g/mol. The highest BCUT2D eigenvalue weighted by Gasteiger charge is 2.20. The molecular formula is C23H14N8O5.